The van der Waals surface area contributed by atoms with Crippen molar-refractivity contribution in [2.24, 2.45) is 0 Å². The molecule has 2 atom stereocenters. The first-order chi connectivity index (χ1) is 18.5. The van der Waals surface area contributed by atoms with Gasteiger partial charge < -0.3 is 14.5 Å². The molecule has 4 aromatic rings. The minimum Gasteiger partial charge on any atom is -0.494 e. The van der Waals surface area contributed by atoms with Crippen molar-refractivity contribution in [3.8, 4) is 5.75 Å². The fourth-order valence-corrected chi connectivity index (χ4v) is 5.19. The molecule has 1 N–H and O–H groups in total. The lowest BCUT2D eigenvalue weighted by molar-refractivity contribution is 0.0888. The number of hydrogen-bond donors (Lipinski definition) is 1. The Bertz CT molecular complexity index is 1410. The van der Waals surface area contributed by atoms with Crippen LogP contribution in [0.3, 0.4) is 0 Å². The molecular formula is C29H36N6O3. The van der Waals surface area contributed by atoms with Crippen LogP contribution in [0.2, 0.25) is 0 Å². The van der Waals surface area contributed by atoms with E-state index in [1.54, 1.807) is 0 Å². The molecule has 0 aliphatic carbocycles. The fourth-order valence-electron chi connectivity index (χ4n) is 5.19. The number of aryl methyl sites for hydroxylation is 1. The molecule has 3 heterocycles. The number of aromatic amines is 1. The van der Waals surface area contributed by atoms with Gasteiger partial charge >= 0.3 is 0 Å². The predicted molar refractivity (Wildman–Crippen MR) is 146 cm³/mol. The van der Waals surface area contributed by atoms with E-state index in [4.69, 9.17) is 9.47 Å². The third kappa shape index (κ3) is 5.95. The molecule has 9 nitrogen and oxygen atoms in total. The molecule has 5 rings (SSSR count). The van der Waals surface area contributed by atoms with Crippen LogP contribution in [0.4, 0.5) is 0 Å². The van der Waals surface area contributed by atoms with Gasteiger partial charge in [0.1, 0.15) is 5.75 Å². The number of pyridine rings is 1. The van der Waals surface area contributed by atoms with Crippen LogP contribution in [0.15, 0.2) is 53.3 Å². The van der Waals surface area contributed by atoms with E-state index in [1.165, 1.54) is 11.1 Å². The number of H-pyrrole nitrogens is 1. The lowest BCUT2D eigenvalue weighted by Gasteiger charge is -2.30. The molecule has 0 saturated carbocycles. The Morgan fingerprint density at radius 3 is 2.74 bits per heavy atom. The average molecular weight is 517 g/mol. The molecule has 1 aliphatic rings. The van der Waals surface area contributed by atoms with E-state index in [1.807, 2.05) is 35.9 Å². The number of nitrogens with one attached hydrogen (secondary N) is 1. The fraction of sp³-hybridized carbons (Fsp3) is 0.448. The Kier molecular flexibility index (Phi) is 8.14. The summed E-state index contributed by atoms with van der Waals surface area (Å²) in [7, 11) is 0. The summed E-state index contributed by atoms with van der Waals surface area (Å²) in [5.41, 5.74) is 3.77. The van der Waals surface area contributed by atoms with Gasteiger partial charge in [0.15, 0.2) is 5.82 Å². The van der Waals surface area contributed by atoms with Gasteiger partial charge in [-0.3, -0.25) is 9.69 Å². The summed E-state index contributed by atoms with van der Waals surface area (Å²) in [5.74, 6) is 1.58. The number of hydrogen-bond acceptors (Lipinski definition) is 7. The van der Waals surface area contributed by atoms with Gasteiger partial charge in [-0.15, -0.1) is 5.10 Å². The summed E-state index contributed by atoms with van der Waals surface area (Å²) in [6.07, 6.45) is 2.99. The zero-order chi connectivity index (χ0) is 26.5. The zero-order valence-corrected chi connectivity index (χ0v) is 22.4. The SMILES string of the molecule is CCOc1ccc2[nH]c(=O)c(CN(Cc3ccc(C)cc3)C(CC)c3nnnn3CC3CCCO3)cc2c1. The summed E-state index contributed by atoms with van der Waals surface area (Å²) in [5, 5.41) is 13.7. The number of aromatic nitrogens is 5. The van der Waals surface area contributed by atoms with Crippen LogP contribution >= 0.6 is 0 Å². The van der Waals surface area contributed by atoms with Crippen LogP contribution in [-0.4, -0.2) is 49.4 Å². The van der Waals surface area contributed by atoms with E-state index in [0.717, 1.165) is 48.3 Å². The summed E-state index contributed by atoms with van der Waals surface area (Å²) in [6.45, 7) is 9.29. The molecule has 1 saturated heterocycles. The minimum atomic E-state index is -0.0932. The molecule has 2 aromatic heterocycles. The van der Waals surface area contributed by atoms with E-state index < -0.39 is 0 Å². The first-order valence-corrected chi connectivity index (χ1v) is 13.5. The van der Waals surface area contributed by atoms with Crippen molar-refractivity contribution in [3.05, 3.63) is 81.4 Å². The Balaban J connectivity index is 1.49. The highest BCUT2D eigenvalue weighted by molar-refractivity contribution is 5.80. The van der Waals surface area contributed by atoms with E-state index in [9.17, 15) is 4.79 Å². The summed E-state index contributed by atoms with van der Waals surface area (Å²) >= 11 is 0. The smallest absolute Gasteiger partial charge is 0.252 e. The second kappa shape index (κ2) is 11.9. The second-order valence-corrected chi connectivity index (χ2v) is 9.97. The standard InChI is InChI=1S/C29H36N6O3/c1-4-27(28-31-32-33-35(28)19-25-7-6-14-38-25)34(17-21-10-8-20(3)9-11-21)18-23-15-22-16-24(37-5-2)12-13-26(22)30-29(23)36/h8-13,15-16,25,27H,4-7,14,17-19H2,1-3H3,(H,30,36). The van der Waals surface area contributed by atoms with E-state index in [0.29, 0.717) is 31.8 Å². The largest absolute Gasteiger partial charge is 0.494 e. The average Bonchev–Trinajstić information content (AvgIpc) is 3.59. The monoisotopic (exact) mass is 516 g/mol. The first kappa shape index (κ1) is 26.1. The van der Waals surface area contributed by atoms with Crippen LogP contribution < -0.4 is 10.3 Å². The Morgan fingerprint density at radius 2 is 2.00 bits per heavy atom. The molecule has 0 amide bonds. The molecule has 200 valence electrons. The minimum absolute atomic E-state index is 0.0856. The van der Waals surface area contributed by atoms with Crippen LogP contribution in [0, 0.1) is 6.92 Å². The summed E-state index contributed by atoms with van der Waals surface area (Å²) < 4.78 is 13.4. The summed E-state index contributed by atoms with van der Waals surface area (Å²) in [6, 6.07) is 16.2. The first-order valence-electron chi connectivity index (χ1n) is 13.5. The van der Waals surface area contributed by atoms with Gasteiger partial charge in [-0.05, 0) is 73.4 Å². The normalized spacial score (nSPS) is 16.4. The molecule has 2 unspecified atom stereocenters. The maximum atomic E-state index is 13.2. The number of rotatable bonds is 11. The molecule has 1 aliphatic heterocycles. The van der Waals surface area contributed by atoms with Gasteiger partial charge in [0, 0.05) is 36.2 Å². The predicted octanol–water partition coefficient (Wildman–Crippen LogP) is 4.55. The molecule has 9 heteroatoms. The molecule has 1 fully saturated rings. The van der Waals surface area contributed by atoms with Crippen molar-refractivity contribution in [3.63, 3.8) is 0 Å². The third-order valence-corrected chi connectivity index (χ3v) is 7.17. The number of fused-ring (bicyclic) bond motifs is 1. The van der Waals surface area contributed by atoms with Gasteiger partial charge in [-0.2, -0.15) is 0 Å². The van der Waals surface area contributed by atoms with Gasteiger partial charge in [0.2, 0.25) is 0 Å². The summed E-state index contributed by atoms with van der Waals surface area (Å²) in [4.78, 5) is 18.5. The van der Waals surface area contributed by atoms with Gasteiger partial charge in [-0.1, -0.05) is 36.8 Å². The van der Waals surface area contributed by atoms with E-state index >= 15 is 0 Å². The molecule has 0 radical (unpaired) electrons. The highest BCUT2D eigenvalue weighted by atomic mass is 16.5. The van der Waals surface area contributed by atoms with Gasteiger partial charge in [0.25, 0.3) is 5.56 Å². The van der Waals surface area contributed by atoms with Crippen LogP contribution in [0.25, 0.3) is 10.9 Å². The highest BCUT2D eigenvalue weighted by Crippen LogP contribution is 2.28. The quantitative estimate of drug-likeness (QED) is 0.312. The van der Waals surface area contributed by atoms with E-state index in [2.05, 4.69) is 63.5 Å². The van der Waals surface area contributed by atoms with Crippen molar-refractivity contribution in [2.75, 3.05) is 13.2 Å². The number of nitrogens with zero attached hydrogens (tertiary/aromatic N) is 5. The van der Waals surface area contributed by atoms with Crippen LogP contribution in [-0.2, 0) is 24.4 Å². The van der Waals surface area contributed by atoms with Crippen LogP contribution in [0.1, 0.15) is 61.7 Å². The van der Waals surface area contributed by atoms with Crippen molar-refractivity contribution in [1.82, 2.24) is 30.1 Å². The zero-order valence-electron chi connectivity index (χ0n) is 22.4. The van der Waals surface area contributed by atoms with Crippen molar-refractivity contribution in [2.45, 2.75) is 71.8 Å². The lowest BCUT2D eigenvalue weighted by Crippen LogP contribution is -2.33. The molecule has 0 bridgehead atoms. The third-order valence-electron chi connectivity index (χ3n) is 7.17. The van der Waals surface area contributed by atoms with E-state index in [-0.39, 0.29) is 17.7 Å². The second-order valence-electron chi connectivity index (χ2n) is 9.97. The number of benzene rings is 2. The highest BCUT2D eigenvalue weighted by Gasteiger charge is 2.28. The Morgan fingerprint density at radius 1 is 1.16 bits per heavy atom. The Hall–Kier alpha value is -3.56. The van der Waals surface area contributed by atoms with Crippen molar-refractivity contribution >= 4 is 10.9 Å². The van der Waals surface area contributed by atoms with Gasteiger partial charge in [0.05, 0.1) is 25.3 Å². The van der Waals surface area contributed by atoms with Crippen molar-refractivity contribution < 1.29 is 9.47 Å². The molecule has 2 aromatic carbocycles. The lowest BCUT2D eigenvalue weighted by atomic mass is 10.1. The van der Waals surface area contributed by atoms with Crippen LogP contribution in [0.5, 0.6) is 5.75 Å². The number of ether oxygens (including phenoxy) is 2. The van der Waals surface area contributed by atoms with Crippen molar-refractivity contribution in [1.29, 1.82) is 0 Å². The maximum Gasteiger partial charge on any atom is 0.252 e. The molecular weight excluding hydrogens is 480 g/mol. The molecule has 0 spiro atoms. The van der Waals surface area contributed by atoms with Gasteiger partial charge in [-0.25, -0.2) is 4.68 Å². The Labute approximate surface area is 222 Å². The maximum absolute atomic E-state index is 13.2. The number of tetrazole rings is 1. The molecule has 38 heavy (non-hydrogen) atoms. The topological polar surface area (TPSA) is 98.2 Å².